The summed E-state index contributed by atoms with van der Waals surface area (Å²) in [7, 11) is 0. The van der Waals surface area contributed by atoms with Gasteiger partial charge in [-0.3, -0.25) is 5.41 Å². The lowest BCUT2D eigenvalue weighted by Crippen LogP contribution is -2.45. The second kappa shape index (κ2) is 4.17. The van der Waals surface area contributed by atoms with E-state index in [9.17, 15) is 0 Å². The molecule has 70 valence electrons. The smallest absolute Gasteiger partial charge is 0.0986 e. The van der Waals surface area contributed by atoms with Crippen molar-refractivity contribution in [2.45, 2.75) is 26.8 Å². The largest absolute Gasteiger partial charge is 0.356 e. The average molecular weight is 186 g/mol. The minimum Gasteiger partial charge on any atom is -0.356 e. The second-order valence-corrected chi connectivity index (χ2v) is 4.81. The summed E-state index contributed by atoms with van der Waals surface area (Å²) in [5.74, 6) is 3.53. The van der Waals surface area contributed by atoms with E-state index in [4.69, 9.17) is 5.41 Å². The predicted octanol–water partition coefficient (Wildman–Crippen LogP) is 2.06. The van der Waals surface area contributed by atoms with Crippen LogP contribution in [0.4, 0.5) is 0 Å². The van der Waals surface area contributed by atoms with Crippen LogP contribution in [0.25, 0.3) is 0 Å². The van der Waals surface area contributed by atoms with Crippen LogP contribution in [-0.2, 0) is 0 Å². The lowest BCUT2D eigenvalue weighted by molar-refractivity contribution is 0.347. The molecule has 1 rings (SSSR count). The van der Waals surface area contributed by atoms with E-state index in [1.807, 2.05) is 11.8 Å². The zero-order valence-corrected chi connectivity index (χ0v) is 8.95. The SMILES string of the molecule is CC(C)C(=N)N1CCSCC1C. The van der Waals surface area contributed by atoms with E-state index < -0.39 is 0 Å². The summed E-state index contributed by atoms with van der Waals surface area (Å²) in [6.45, 7) is 7.46. The van der Waals surface area contributed by atoms with Crippen molar-refractivity contribution in [2.24, 2.45) is 5.92 Å². The quantitative estimate of drug-likeness (QED) is 0.501. The van der Waals surface area contributed by atoms with Crippen molar-refractivity contribution in [2.75, 3.05) is 18.1 Å². The number of rotatable bonds is 1. The van der Waals surface area contributed by atoms with Crippen molar-refractivity contribution < 1.29 is 0 Å². The number of thioether (sulfide) groups is 1. The minimum atomic E-state index is 0.371. The first-order chi connectivity index (χ1) is 5.63. The summed E-state index contributed by atoms with van der Waals surface area (Å²) in [6.07, 6.45) is 0. The Labute approximate surface area is 79.2 Å². The highest BCUT2D eigenvalue weighted by atomic mass is 32.2. The Hall–Kier alpha value is -0.180. The van der Waals surface area contributed by atoms with Crippen molar-refractivity contribution in [1.82, 2.24) is 4.90 Å². The summed E-state index contributed by atoms with van der Waals surface area (Å²) in [4.78, 5) is 2.24. The minimum absolute atomic E-state index is 0.371. The maximum atomic E-state index is 7.88. The molecule has 0 radical (unpaired) electrons. The lowest BCUT2D eigenvalue weighted by Gasteiger charge is -2.36. The molecule has 0 aromatic rings. The maximum absolute atomic E-state index is 7.88. The van der Waals surface area contributed by atoms with Gasteiger partial charge in [0.25, 0.3) is 0 Å². The van der Waals surface area contributed by atoms with Crippen LogP contribution < -0.4 is 0 Å². The summed E-state index contributed by atoms with van der Waals surface area (Å²) in [5, 5.41) is 7.88. The normalized spacial score (nSPS) is 24.7. The van der Waals surface area contributed by atoms with E-state index in [1.165, 1.54) is 11.5 Å². The van der Waals surface area contributed by atoms with Crippen LogP contribution in [0, 0.1) is 11.3 Å². The van der Waals surface area contributed by atoms with Gasteiger partial charge in [-0.2, -0.15) is 11.8 Å². The maximum Gasteiger partial charge on any atom is 0.0986 e. The second-order valence-electron chi connectivity index (χ2n) is 3.66. The van der Waals surface area contributed by atoms with E-state index in [2.05, 4.69) is 25.7 Å². The molecule has 0 aromatic carbocycles. The van der Waals surface area contributed by atoms with E-state index in [0.29, 0.717) is 12.0 Å². The van der Waals surface area contributed by atoms with Gasteiger partial charge in [-0.1, -0.05) is 13.8 Å². The standard InChI is InChI=1S/C9H18N2S/c1-7(2)9(10)11-4-5-12-6-8(11)3/h7-8,10H,4-6H2,1-3H3. The van der Waals surface area contributed by atoms with Crippen molar-refractivity contribution in [3.8, 4) is 0 Å². The van der Waals surface area contributed by atoms with Gasteiger partial charge in [-0.25, -0.2) is 0 Å². The van der Waals surface area contributed by atoms with Gasteiger partial charge in [0.05, 0.1) is 5.84 Å². The molecule has 2 nitrogen and oxygen atoms in total. The van der Waals surface area contributed by atoms with Crippen molar-refractivity contribution in [1.29, 1.82) is 5.41 Å². The van der Waals surface area contributed by atoms with Crippen LogP contribution in [0.15, 0.2) is 0 Å². The van der Waals surface area contributed by atoms with E-state index in [1.54, 1.807) is 0 Å². The first-order valence-corrected chi connectivity index (χ1v) is 5.71. The Morgan fingerprint density at radius 2 is 2.25 bits per heavy atom. The van der Waals surface area contributed by atoms with E-state index in [-0.39, 0.29) is 0 Å². The van der Waals surface area contributed by atoms with Crippen molar-refractivity contribution in [3.63, 3.8) is 0 Å². The van der Waals surface area contributed by atoms with Crippen LogP contribution in [0.3, 0.4) is 0 Å². The third-order valence-electron chi connectivity index (χ3n) is 2.22. The predicted molar refractivity (Wildman–Crippen MR) is 56.1 cm³/mol. The molecule has 1 heterocycles. The average Bonchev–Trinajstić information content (AvgIpc) is 2.04. The molecule has 0 bridgehead atoms. The molecule has 0 amide bonds. The first-order valence-electron chi connectivity index (χ1n) is 4.55. The van der Waals surface area contributed by atoms with Gasteiger partial charge >= 0.3 is 0 Å². The fourth-order valence-corrected chi connectivity index (χ4v) is 2.43. The summed E-state index contributed by atoms with van der Waals surface area (Å²) in [6, 6.07) is 0.554. The Balaban J connectivity index is 2.53. The number of nitrogens with one attached hydrogen (secondary N) is 1. The van der Waals surface area contributed by atoms with E-state index >= 15 is 0 Å². The lowest BCUT2D eigenvalue weighted by atomic mass is 10.1. The molecule has 0 saturated carbocycles. The number of hydrogen-bond donors (Lipinski definition) is 1. The molecule has 0 aliphatic carbocycles. The molecule has 1 fully saturated rings. The molecule has 12 heavy (non-hydrogen) atoms. The molecule has 1 atom stereocenters. The molecular weight excluding hydrogens is 168 g/mol. The molecule has 1 unspecified atom stereocenters. The van der Waals surface area contributed by atoms with Crippen LogP contribution in [0.2, 0.25) is 0 Å². The Morgan fingerprint density at radius 1 is 1.58 bits per heavy atom. The number of amidine groups is 1. The zero-order chi connectivity index (χ0) is 9.14. The van der Waals surface area contributed by atoms with Gasteiger partial charge < -0.3 is 4.90 Å². The van der Waals surface area contributed by atoms with E-state index in [0.717, 1.165) is 12.4 Å². The van der Waals surface area contributed by atoms with Gasteiger partial charge in [0, 0.05) is 30.0 Å². The fraction of sp³-hybridized carbons (Fsp3) is 0.889. The zero-order valence-electron chi connectivity index (χ0n) is 8.13. The third-order valence-corrected chi connectivity index (χ3v) is 3.41. The first kappa shape index (κ1) is 9.90. The van der Waals surface area contributed by atoms with Crippen LogP contribution in [0.5, 0.6) is 0 Å². The number of hydrogen-bond acceptors (Lipinski definition) is 2. The molecule has 0 aromatic heterocycles. The fourth-order valence-electron chi connectivity index (χ4n) is 1.42. The molecular formula is C9H18N2S. The highest BCUT2D eigenvalue weighted by Crippen LogP contribution is 2.18. The Bertz CT molecular complexity index is 168. The molecule has 1 aliphatic rings. The Kier molecular flexibility index (Phi) is 3.44. The van der Waals surface area contributed by atoms with Crippen LogP contribution in [0.1, 0.15) is 20.8 Å². The summed E-state index contributed by atoms with van der Waals surface area (Å²) in [5.41, 5.74) is 0. The van der Waals surface area contributed by atoms with Crippen molar-refractivity contribution >= 4 is 17.6 Å². The Morgan fingerprint density at radius 3 is 2.75 bits per heavy atom. The van der Waals surface area contributed by atoms with Crippen LogP contribution >= 0.6 is 11.8 Å². The molecule has 1 saturated heterocycles. The van der Waals surface area contributed by atoms with Gasteiger partial charge in [-0.05, 0) is 6.92 Å². The molecule has 0 spiro atoms. The third kappa shape index (κ3) is 2.16. The topological polar surface area (TPSA) is 27.1 Å². The molecule has 3 heteroatoms. The van der Waals surface area contributed by atoms with Crippen molar-refractivity contribution in [3.05, 3.63) is 0 Å². The van der Waals surface area contributed by atoms with Gasteiger partial charge in [0.15, 0.2) is 0 Å². The monoisotopic (exact) mass is 186 g/mol. The highest BCUT2D eigenvalue weighted by molar-refractivity contribution is 7.99. The molecule has 1 aliphatic heterocycles. The summed E-state index contributed by atoms with van der Waals surface area (Å²) >= 11 is 2.00. The highest BCUT2D eigenvalue weighted by Gasteiger charge is 2.22. The van der Waals surface area contributed by atoms with Gasteiger partial charge in [0.2, 0.25) is 0 Å². The summed E-state index contributed by atoms with van der Waals surface area (Å²) < 4.78 is 0. The van der Waals surface area contributed by atoms with Gasteiger partial charge in [0.1, 0.15) is 0 Å². The van der Waals surface area contributed by atoms with Crippen LogP contribution in [-0.4, -0.2) is 34.8 Å². The van der Waals surface area contributed by atoms with Gasteiger partial charge in [-0.15, -0.1) is 0 Å². The number of nitrogens with zero attached hydrogens (tertiary/aromatic N) is 1. The molecule has 1 N–H and O–H groups in total.